The SMILES string of the molecule is C/C=C\C(=NC)c1cc(Cl)ccc1OC(C(=O)OCC)c1ccc(Cl)cc1. The summed E-state index contributed by atoms with van der Waals surface area (Å²) in [4.78, 5) is 16.8. The first-order valence-corrected chi connectivity index (χ1v) is 9.23. The van der Waals surface area contributed by atoms with Crippen LogP contribution in [0, 0.1) is 0 Å². The van der Waals surface area contributed by atoms with Crippen LogP contribution in [0.25, 0.3) is 0 Å². The maximum Gasteiger partial charge on any atom is 0.352 e. The number of hydrogen-bond acceptors (Lipinski definition) is 4. The molecular formula is C21H21Cl2NO3. The first kappa shape index (κ1) is 21.0. The van der Waals surface area contributed by atoms with Gasteiger partial charge in [0, 0.05) is 28.2 Å². The highest BCUT2D eigenvalue weighted by atomic mass is 35.5. The normalized spacial score (nSPS) is 12.9. The van der Waals surface area contributed by atoms with Crippen LogP contribution in [0.3, 0.4) is 0 Å². The molecule has 27 heavy (non-hydrogen) atoms. The summed E-state index contributed by atoms with van der Waals surface area (Å²) in [6, 6.07) is 12.0. The zero-order valence-corrected chi connectivity index (χ0v) is 16.9. The van der Waals surface area contributed by atoms with E-state index in [0.29, 0.717) is 32.6 Å². The molecule has 0 N–H and O–H groups in total. The fraction of sp³-hybridized carbons (Fsp3) is 0.238. The van der Waals surface area contributed by atoms with E-state index >= 15 is 0 Å². The quantitative estimate of drug-likeness (QED) is 0.440. The number of benzene rings is 2. The number of esters is 1. The smallest absolute Gasteiger partial charge is 0.352 e. The molecule has 0 saturated carbocycles. The van der Waals surface area contributed by atoms with Gasteiger partial charge in [-0.25, -0.2) is 4.79 Å². The molecule has 0 amide bonds. The van der Waals surface area contributed by atoms with Crippen molar-refractivity contribution in [3.8, 4) is 5.75 Å². The summed E-state index contributed by atoms with van der Waals surface area (Å²) in [5.41, 5.74) is 2.01. The molecule has 0 bridgehead atoms. The molecule has 0 radical (unpaired) electrons. The second-order valence-electron chi connectivity index (χ2n) is 5.55. The predicted octanol–water partition coefficient (Wildman–Crippen LogP) is 5.67. The minimum atomic E-state index is -0.939. The summed E-state index contributed by atoms with van der Waals surface area (Å²) in [7, 11) is 1.68. The van der Waals surface area contributed by atoms with Gasteiger partial charge in [0.05, 0.1) is 12.3 Å². The van der Waals surface area contributed by atoms with Gasteiger partial charge >= 0.3 is 5.97 Å². The van der Waals surface area contributed by atoms with Crippen LogP contribution in [0.15, 0.2) is 59.6 Å². The molecule has 0 aliphatic rings. The van der Waals surface area contributed by atoms with Crippen molar-refractivity contribution in [1.82, 2.24) is 0 Å². The van der Waals surface area contributed by atoms with Crippen LogP contribution in [0.5, 0.6) is 5.75 Å². The molecule has 2 aromatic carbocycles. The van der Waals surface area contributed by atoms with Gasteiger partial charge in [-0.3, -0.25) is 4.99 Å². The molecular weight excluding hydrogens is 385 g/mol. The van der Waals surface area contributed by atoms with E-state index in [9.17, 15) is 4.79 Å². The van der Waals surface area contributed by atoms with Crippen LogP contribution in [0.1, 0.15) is 31.1 Å². The van der Waals surface area contributed by atoms with Gasteiger partial charge in [-0.1, -0.05) is 41.4 Å². The van der Waals surface area contributed by atoms with E-state index < -0.39 is 12.1 Å². The Kier molecular flexibility index (Phi) is 7.89. The van der Waals surface area contributed by atoms with E-state index in [4.69, 9.17) is 32.7 Å². The number of ether oxygens (including phenoxy) is 2. The van der Waals surface area contributed by atoms with E-state index in [1.807, 2.05) is 19.1 Å². The van der Waals surface area contributed by atoms with Gasteiger partial charge in [-0.15, -0.1) is 0 Å². The Morgan fingerprint density at radius 3 is 2.41 bits per heavy atom. The lowest BCUT2D eigenvalue weighted by Crippen LogP contribution is -2.22. The first-order chi connectivity index (χ1) is 13.0. The van der Waals surface area contributed by atoms with Crippen molar-refractivity contribution >= 4 is 34.9 Å². The van der Waals surface area contributed by atoms with E-state index in [1.165, 1.54) is 0 Å². The zero-order valence-electron chi connectivity index (χ0n) is 15.4. The Balaban J connectivity index is 2.48. The minimum absolute atomic E-state index is 0.250. The monoisotopic (exact) mass is 405 g/mol. The van der Waals surface area contributed by atoms with E-state index in [1.54, 1.807) is 56.4 Å². The highest BCUT2D eigenvalue weighted by Crippen LogP contribution is 2.30. The molecule has 0 saturated heterocycles. The second-order valence-corrected chi connectivity index (χ2v) is 6.42. The summed E-state index contributed by atoms with van der Waals surface area (Å²) in [6.45, 7) is 3.89. The van der Waals surface area contributed by atoms with Crippen molar-refractivity contribution in [3.05, 3.63) is 75.8 Å². The largest absolute Gasteiger partial charge is 0.473 e. The number of carbonyl (C=O) groups is 1. The molecule has 1 unspecified atom stereocenters. The molecule has 142 valence electrons. The number of hydrogen-bond donors (Lipinski definition) is 0. The molecule has 2 rings (SSSR count). The van der Waals surface area contributed by atoms with E-state index in [0.717, 1.165) is 0 Å². The fourth-order valence-electron chi connectivity index (χ4n) is 2.48. The molecule has 0 aromatic heterocycles. The van der Waals surface area contributed by atoms with Gasteiger partial charge in [0.15, 0.2) is 0 Å². The summed E-state index contributed by atoms with van der Waals surface area (Å²) < 4.78 is 11.3. The molecule has 0 aliphatic carbocycles. The summed E-state index contributed by atoms with van der Waals surface area (Å²) >= 11 is 12.1. The Morgan fingerprint density at radius 1 is 1.15 bits per heavy atom. The number of aliphatic imine (C=N–C) groups is 1. The van der Waals surface area contributed by atoms with Gasteiger partial charge in [-0.05, 0) is 50.3 Å². The van der Waals surface area contributed by atoms with Crippen LogP contribution in [-0.2, 0) is 9.53 Å². The van der Waals surface area contributed by atoms with Crippen LogP contribution >= 0.6 is 23.2 Å². The van der Waals surface area contributed by atoms with E-state index in [-0.39, 0.29) is 6.61 Å². The lowest BCUT2D eigenvalue weighted by Gasteiger charge is -2.20. The standard InChI is InChI=1S/C21H21Cl2NO3/c1-4-6-18(24-3)17-13-16(23)11-12-19(17)27-20(21(25)26-5-2)14-7-9-15(22)10-8-14/h4,6-13,20H,5H2,1-3H3/b6-4-,24-18?. The topological polar surface area (TPSA) is 47.9 Å². The number of carbonyl (C=O) groups excluding carboxylic acids is 1. The van der Waals surface area contributed by atoms with Gasteiger partial charge in [0.25, 0.3) is 0 Å². The molecule has 6 heteroatoms. The van der Waals surface area contributed by atoms with Gasteiger partial charge in [-0.2, -0.15) is 0 Å². The highest BCUT2D eigenvalue weighted by Gasteiger charge is 2.25. The third-order valence-electron chi connectivity index (χ3n) is 3.70. The Morgan fingerprint density at radius 2 is 1.81 bits per heavy atom. The van der Waals surface area contributed by atoms with Crippen molar-refractivity contribution in [2.75, 3.05) is 13.7 Å². The van der Waals surface area contributed by atoms with Crippen molar-refractivity contribution in [1.29, 1.82) is 0 Å². The molecule has 0 heterocycles. The molecule has 0 fully saturated rings. The van der Waals surface area contributed by atoms with Gasteiger partial charge in [0.2, 0.25) is 6.10 Å². The summed E-state index contributed by atoms with van der Waals surface area (Å²) in [6.07, 6.45) is 2.78. The zero-order chi connectivity index (χ0) is 19.8. The van der Waals surface area contributed by atoms with Gasteiger partial charge < -0.3 is 9.47 Å². The fourth-order valence-corrected chi connectivity index (χ4v) is 2.78. The van der Waals surface area contributed by atoms with Crippen molar-refractivity contribution in [2.24, 2.45) is 4.99 Å². The summed E-state index contributed by atoms with van der Waals surface area (Å²) in [5, 5.41) is 1.12. The Hall–Kier alpha value is -2.30. The van der Waals surface area contributed by atoms with Crippen LogP contribution < -0.4 is 4.74 Å². The van der Waals surface area contributed by atoms with Crippen molar-refractivity contribution in [2.45, 2.75) is 20.0 Å². The number of nitrogens with zero attached hydrogens (tertiary/aromatic N) is 1. The second kappa shape index (κ2) is 10.1. The Bertz CT molecular complexity index is 845. The number of halogens is 2. The van der Waals surface area contributed by atoms with Crippen molar-refractivity contribution in [3.63, 3.8) is 0 Å². The molecule has 0 spiro atoms. The lowest BCUT2D eigenvalue weighted by molar-refractivity contribution is -0.151. The number of rotatable bonds is 7. The first-order valence-electron chi connectivity index (χ1n) is 8.48. The maximum atomic E-state index is 12.5. The predicted molar refractivity (Wildman–Crippen MR) is 110 cm³/mol. The van der Waals surface area contributed by atoms with Crippen LogP contribution in [-0.4, -0.2) is 25.3 Å². The third kappa shape index (κ3) is 5.59. The molecule has 4 nitrogen and oxygen atoms in total. The van der Waals surface area contributed by atoms with Gasteiger partial charge in [0.1, 0.15) is 5.75 Å². The Labute approximate surface area is 169 Å². The maximum absolute atomic E-state index is 12.5. The van der Waals surface area contributed by atoms with Crippen LogP contribution in [0.4, 0.5) is 0 Å². The van der Waals surface area contributed by atoms with E-state index in [2.05, 4.69) is 4.99 Å². The highest BCUT2D eigenvalue weighted by molar-refractivity contribution is 6.31. The average molecular weight is 406 g/mol. The number of allylic oxidation sites excluding steroid dienone is 2. The molecule has 2 aromatic rings. The third-order valence-corrected chi connectivity index (χ3v) is 4.19. The molecule has 1 atom stereocenters. The van der Waals surface area contributed by atoms with Crippen molar-refractivity contribution < 1.29 is 14.3 Å². The van der Waals surface area contributed by atoms with Crippen LogP contribution in [0.2, 0.25) is 10.0 Å². The minimum Gasteiger partial charge on any atom is -0.473 e. The average Bonchev–Trinajstić information content (AvgIpc) is 2.66. The summed E-state index contributed by atoms with van der Waals surface area (Å²) in [5.74, 6) is -0.00662. The molecule has 0 aliphatic heterocycles. The lowest BCUT2D eigenvalue weighted by atomic mass is 10.1.